The van der Waals surface area contributed by atoms with Gasteiger partial charge in [-0.1, -0.05) is 23.7 Å². The number of piperidine rings is 1. The maximum Gasteiger partial charge on any atom is 0.248 e. The van der Waals surface area contributed by atoms with Gasteiger partial charge in [-0.2, -0.15) is 5.10 Å². The molecule has 6 nitrogen and oxygen atoms in total. The number of carbonyl (C=O) groups excluding carboxylic acids is 1. The largest absolute Gasteiger partial charge is 0.375 e. The molecule has 2 heterocycles. The van der Waals surface area contributed by atoms with Gasteiger partial charge in [-0.25, -0.2) is 0 Å². The summed E-state index contributed by atoms with van der Waals surface area (Å²) in [6.45, 7) is 1.96. The first-order chi connectivity index (χ1) is 12.2. The molecule has 3 rings (SSSR count). The lowest BCUT2D eigenvalue weighted by Crippen LogP contribution is -2.55. The van der Waals surface area contributed by atoms with E-state index >= 15 is 0 Å². The number of rotatable bonds is 6. The van der Waals surface area contributed by atoms with Gasteiger partial charge in [0, 0.05) is 31.1 Å². The fraction of sp³-hybridized carbons (Fsp3) is 0.444. The zero-order chi connectivity index (χ0) is 17.7. The molecular weight excluding hydrogens is 340 g/mol. The minimum absolute atomic E-state index is 0.0261. The predicted molar refractivity (Wildman–Crippen MR) is 96.5 cm³/mol. The Morgan fingerprint density at radius 1 is 1.44 bits per heavy atom. The van der Waals surface area contributed by atoms with Gasteiger partial charge in [0.05, 0.1) is 6.10 Å². The van der Waals surface area contributed by atoms with Crippen LogP contribution >= 0.6 is 11.6 Å². The molecule has 25 heavy (non-hydrogen) atoms. The summed E-state index contributed by atoms with van der Waals surface area (Å²) >= 11 is 6.06. The summed E-state index contributed by atoms with van der Waals surface area (Å²) < 4.78 is 7.33. The molecule has 1 amide bonds. The number of halogens is 1. The molecule has 1 aliphatic rings. The Labute approximate surface area is 152 Å². The van der Waals surface area contributed by atoms with E-state index in [0.29, 0.717) is 24.4 Å². The number of nitrogens with zero attached hydrogens (tertiary/aromatic N) is 2. The average molecular weight is 363 g/mol. The summed E-state index contributed by atoms with van der Waals surface area (Å²) in [5.74, 6) is -0.0261. The van der Waals surface area contributed by atoms with Crippen molar-refractivity contribution in [1.82, 2.24) is 20.4 Å². The quantitative estimate of drug-likeness (QED) is 0.826. The Morgan fingerprint density at radius 3 is 2.88 bits per heavy atom. The van der Waals surface area contributed by atoms with Crippen molar-refractivity contribution in [3.8, 4) is 0 Å². The second-order valence-corrected chi connectivity index (χ2v) is 6.66. The van der Waals surface area contributed by atoms with Gasteiger partial charge < -0.3 is 15.4 Å². The minimum atomic E-state index is -0.651. The Hall–Kier alpha value is -1.89. The van der Waals surface area contributed by atoms with E-state index in [0.717, 1.165) is 18.7 Å². The van der Waals surface area contributed by atoms with E-state index in [1.807, 2.05) is 36.5 Å². The van der Waals surface area contributed by atoms with Crippen molar-refractivity contribution < 1.29 is 9.53 Å². The zero-order valence-corrected chi connectivity index (χ0v) is 15.0. The summed E-state index contributed by atoms with van der Waals surface area (Å²) in [6, 6.07) is 9.35. The highest BCUT2D eigenvalue weighted by atomic mass is 35.5. The third-order valence-electron chi connectivity index (χ3n) is 4.75. The minimum Gasteiger partial charge on any atom is -0.375 e. The first-order valence-corrected chi connectivity index (χ1v) is 8.81. The van der Waals surface area contributed by atoms with Gasteiger partial charge in [0.15, 0.2) is 0 Å². The number of amides is 1. The third-order valence-corrected chi connectivity index (χ3v) is 4.98. The molecule has 1 aliphatic heterocycles. The predicted octanol–water partition coefficient (Wildman–Crippen LogP) is 2.12. The zero-order valence-electron chi connectivity index (χ0n) is 14.2. The number of ether oxygens (including phenoxy) is 1. The number of aromatic nitrogens is 2. The van der Waals surface area contributed by atoms with Crippen molar-refractivity contribution >= 4 is 17.5 Å². The van der Waals surface area contributed by atoms with Crippen LogP contribution in [0.3, 0.4) is 0 Å². The first kappa shape index (κ1) is 17.9. The lowest BCUT2D eigenvalue weighted by Gasteiger charge is -2.36. The van der Waals surface area contributed by atoms with Crippen LogP contribution in [-0.2, 0) is 15.1 Å². The van der Waals surface area contributed by atoms with Crippen LogP contribution in [-0.4, -0.2) is 42.4 Å². The normalized spacial score (nSPS) is 17.8. The summed E-state index contributed by atoms with van der Waals surface area (Å²) in [5, 5.41) is 11.3. The number of methoxy groups -OCH3 is 1. The van der Waals surface area contributed by atoms with Crippen LogP contribution in [0.5, 0.6) is 0 Å². The molecule has 134 valence electrons. The van der Waals surface area contributed by atoms with Crippen molar-refractivity contribution in [2.45, 2.75) is 24.5 Å². The summed E-state index contributed by atoms with van der Waals surface area (Å²) in [5.41, 5.74) is 0.287. The van der Waals surface area contributed by atoms with Crippen molar-refractivity contribution in [2.75, 3.05) is 26.7 Å². The number of carbonyl (C=O) groups is 1. The second-order valence-electron chi connectivity index (χ2n) is 6.22. The molecule has 1 atom stereocenters. The van der Waals surface area contributed by atoms with E-state index < -0.39 is 5.54 Å². The summed E-state index contributed by atoms with van der Waals surface area (Å²) in [6.07, 6.45) is 4.72. The molecule has 0 saturated carbocycles. The van der Waals surface area contributed by atoms with Crippen molar-refractivity contribution in [3.05, 3.63) is 53.3 Å². The van der Waals surface area contributed by atoms with Gasteiger partial charge in [-0.15, -0.1) is 0 Å². The van der Waals surface area contributed by atoms with E-state index in [1.165, 1.54) is 0 Å². The van der Waals surface area contributed by atoms with Crippen LogP contribution in [0, 0.1) is 0 Å². The highest BCUT2D eigenvalue weighted by molar-refractivity contribution is 6.30. The van der Waals surface area contributed by atoms with Crippen LogP contribution in [0.25, 0.3) is 0 Å². The SMILES string of the molecule is COC(CNC(=O)C1(n2cccn2)CCNCC1)c1cccc(Cl)c1. The fourth-order valence-electron chi connectivity index (χ4n) is 3.32. The van der Waals surface area contributed by atoms with Gasteiger partial charge in [-0.05, 0) is 49.7 Å². The van der Waals surface area contributed by atoms with E-state index in [1.54, 1.807) is 18.0 Å². The molecule has 1 aromatic heterocycles. The van der Waals surface area contributed by atoms with E-state index in [2.05, 4.69) is 15.7 Å². The first-order valence-electron chi connectivity index (χ1n) is 8.43. The standard InChI is InChI=1S/C18H23ClN4O2/c1-25-16(14-4-2-5-15(19)12-14)13-21-17(24)18(6-9-20-10-7-18)23-11-3-8-22-23/h2-5,8,11-12,16,20H,6-7,9-10,13H2,1H3,(H,21,24). The Bertz CT molecular complexity index is 699. The molecular formula is C18H23ClN4O2. The van der Waals surface area contributed by atoms with E-state index in [-0.39, 0.29) is 12.0 Å². The van der Waals surface area contributed by atoms with Gasteiger partial charge in [0.2, 0.25) is 5.91 Å². The fourth-order valence-corrected chi connectivity index (χ4v) is 3.52. The monoisotopic (exact) mass is 362 g/mol. The number of hydrogen-bond donors (Lipinski definition) is 2. The Balaban J connectivity index is 1.73. The number of hydrogen-bond acceptors (Lipinski definition) is 4. The second kappa shape index (κ2) is 7.99. The van der Waals surface area contributed by atoms with Gasteiger partial charge in [-0.3, -0.25) is 9.48 Å². The highest BCUT2D eigenvalue weighted by Crippen LogP contribution is 2.27. The van der Waals surface area contributed by atoms with Gasteiger partial charge in [0.1, 0.15) is 5.54 Å². The molecule has 1 aromatic carbocycles. The van der Waals surface area contributed by atoms with Gasteiger partial charge >= 0.3 is 0 Å². The lowest BCUT2D eigenvalue weighted by atomic mass is 9.87. The lowest BCUT2D eigenvalue weighted by molar-refractivity contribution is -0.132. The summed E-state index contributed by atoms with van der Waals surface area (Å²) in [7, 11) is 1.63. The van der Waals surface area contributed by atoms with Crippen molar-refractivity contribution in [1.29, 1.82) is 0 Å². The van der Waals surface area contributed by atoms with Crippen LogP contribution in [0.2, 0.25) is 5.02 Å². The Morgan fingerprint density at radius 2 is 2.24 bits per heavy atom. The topological polar surface area (TPSA) is 68.2 Å². The van der Waals surface area contributed by atoms with Crippen LogP contribution in [0.4, 0.5) is 0 Å². The number of nitrogens with one attached hydrogen (secondary N) is 2. The molecule has 1 unspecified atom stereocenters. The average Bonchev–Trinajstić information content (AvgIpc) is 3.18. The molecule has 2 aromatic rings. The van der Waals surface area contributed by atoms with Crippen LogP contribution in [0.15, 0.2) is 42.7 Å². The van der Waals surface area contributed by atoms with Crippen molar-refractivity contribution in [3.63, 3.8) is 0 Å². The molecule has 0 radical (unpaired) electrons. The highest BCUT2D eigenvalue weighted by Gasteiger charge is 2.42. The molecule has 0 spiro atoms. The molecule has 0 bridgehead atoms. The number of benzene rings is 1. The van der Waals surface area contributed by atoms with Crippen LogP contribution in [0.1, 0.15) is 24.5 Å². The Kier molecular flexibility index (Phi) is 5.73. The third kappa shape index (κ3) is 3.86. The van der Waals surface area contributed by atoms with Crippen LogP contribution < -0.4 is 10.6 Å². The van der Waals surface area contributed by atoms with E-state index in [9.17, 15) is 4.79 Å². The maximum atomic E-state index is 13.1. The van der Waals surface area contributed by atoms with Gasteiger partial charge in [0.25, 0.3) is 0 Å². The maximum absolute atomic E-state index is 13.1. The summed E-state index contributed by atoms with van der Waals surface area (Å²) in [4.78, 5) is 13.1. The molecule has 2 N–H and O–H groups in total. The molecule has 0 aliphatic carbocycles. The van der Waals surface area contributed by atoms with E-state index in [4.69, 9.17) is 16.3 Å². The molecule has 1 saturated heterocycles. The van der Waals surface area contributed by atoms with Crippen molar-refractivity contribution in [2.24, 2.45) is 0 Å². The molecule has 7 heteroatoms. The molecule has 1 fully saturated rings. The smallest absolute Gasteiger partial charge is 0.248 e.